The van der Waals surface area contributed by atoms with Gasteiger partial charge in [0.05, 0.1) is 12.2 Å². The van der Waals surface area contributed by atoms with Crippen molar-refractivity contribution < 1.29 is 14.3 Å². The maximum atomic E-state index is 13.8. The Balaban J connectivity index is 1.64. The van der Waals surface area contributed by atoms with E-state index in [9.17, 15) is 9.59 Å². The maximum absolute atomic E-state index is 13.8. The number of carbonyl (C=O) groups is 2. The SMILES string of the molecule is CC1=C(C(=O)OCC(C)C)C(c2cccc3ccccc23)C2=C(CC(c3ccccc3)CC2=O)N1. The van der Waals surface area contributed by atoms with E-state index in [-0.39, 0.29) is 23.6 Å². The predicted octanol–water partition coefficient (Wildman–Crippen LogP) is 6.40. The lowest BCUT2D eigenvalue weighted by molar-refractivity contribution is -0.140. The molecule has 4 heteroatoms. The minimum absolute atomic E-state index is 0.0900. The van der Waals surface area contributed by atoms with Crippen LogP contribution in [0.5, 0.6) is 0 Å². The van der Waals surface area contributed by atoms with E-state index in [1.165, 1.54) is 5.56 Å². The fourth-order valence-corrected chi connectivity index (χ4v) is 5.40. The number of ether oxygens (including phenoxy) is 1. The summed E-state index contributed by atoms with van der Waals surface area (Å²) >= 11 is 0. The Kier molecular flexibility index (Phi) is 6.29. The molecular formula is C31H31NO3. The zero-order valence-electron chi connectivity index (χ0n) is 20.5. The minimum atomic E-state index is -0.457. The van der Waals surface area contributed by atoms with Gasteiger partial charge in [-0.3, -0.25) is 4.79 Å². The van der Waals surface area contributed by atoms with Gasteiger partial charge in [0.2, 0.25) is 0 Å². The number of nitrogens with one attached hydrogen (secondary N) is 1. The number of ketones is 1. The topological polar surface area (TPSA) is 55.4 Å². The van der Waals surface area contributed by atoms with Crippen LogP contribution < -0.4 is 5.32 Å². The lowest BCUT2D eigenvalue weighted by atomic mass is 9.71. The van der Waals surface area contributed by atoms with E-state index in [0.29, 0.717) is 24.2 Å². The summed E-state index contributed by atoms with van der Waals surface area (Å²) in [4.78, 5) is 27.2. The number of fused-ring (bicyclic) bond motifs is 1. The quantitative estimate of drug-likeness (QED) is 0.443. The summed E-state index contributed by atoms with van der Waals surface area (Å²) < 4.78 is 5.71. The molecule has 0 aromatic heterocycles. The Morgan fingerprint density at radius 3 is 2.46 bits per heavy atom. The Labute approximate surface area is 206 Å². The molecule has 1 N–H and O–H groups in total. The number of benzene rings is 3. The summed E-state index contributed by atoms with van der Waals surface area (Å²) in [5.41, 5.74) is 5.06. The third-order valence-corrected chi connectivity index (χ3v) is 7.00. The first kappa shape index (κ1) is 23.1. The molecule has 35 heavy (non-hydrogen) atoms. The zero-order chi connectivity index (χ0) is 24.5. The highest BCUT2D eigenvalue weighted by Gasteiger charge is 2.41. The van der Waals surface area contributed by atoms with Crippen LogP contribution in [-0.4, -0.2) is 18.4 Å². The van der Waals surface area contributed by atoms with Gasteiger partial charge in [-0.15, -0.1) is 0 Å². The Morgan fingerprint density at radius 1 is 0.971 bits per heavy atom. The molecule has 1 aliphatic carbocycles. The van der Waals surface area contributed by atoms with Crippen LogP contribution in [0, 0.1) is 5.92 Å². The fraction of sp³-hybridized carbons (Fsp3) is 0.290. The van der Waals surface area contributed by atoms with E-state index >= 15 is 0 Å². The Morgan fingerprint density at radius 2 is 1.69 bits per heavy atom. The smallest absolute Gasteiger partial charge is 0.336 e. The van der Waals surface area contributed by atoms with Crippen LogP contribution in [0.25, 0.3) is 10.8 Å². The molecule has 5 rings (SSSR count). The molecule has 0 bridgehead atoms. The van der Waals surface area contributed by atoms with Crippen LogP contribution in [0.4, 0.5) is 0 Å². The monoisotopic (exact) mass is 465 g/mol. The molecule has 1 heterocycles. The molecule has 1 aliphatic heterocycles. The highest BCUT2D eigenvalue weighted by molar-refractivity contribution is 6.05. The van der Waals surface area contributed by atoms with Gasteiger partial charge >= 0.3 is 5.97 Å². The molecule has 0 fully saturated rings. The van der Waals surface area contributed by atoms with Crippen LogP contribution in [0.1, 0.15) is 56.6 Å². The van der Waals surface area contributed by atoms with Crippen LogP contribution in [0.15, 0.2) is 95.3 Å². The number of carbonyl (C=O) groups excluding carboxylic acids is 2. The summed E-state index contributed by atoms with van der Waals surface area (Å²) in [7, 11) is 0. The predicted molar refractivity (Wildman–Crippen MR) is 139 cm³/mol. The molecule has 0 saturated carbocycles. The Hall–Kier alpha value is -3.66. The van der Waals surface area contributed by atoms with Gasteiger partial charge in [0.1, 0.15) is 0 Å². The Bertz CT molecular complexity index is 1340. The van der Waals surface area contributed by atoms with Crippen molar-refractivity contribution in [3.63, 3.8) is 0 Å². The highest BCUT2D eigenvalue weighted by atomic mass is 16.5. The molecule has 2 atom stereocenters. The van der Waals surface area contributed by atoms with Gasteiger partial charge in [0.25, 0.3) is 0 Å². The number of dihydropyridines is 1. The number of hydrogen-bond acceptors (Lipinski definition) is 4. The summed E-state index contributed by atoms with van der Waals surface area (Å²) in [6.07, 6.45) is 1.16. The summed E-state index contributed by atoms with van der Waals surface area (Å²) in [6.45, 7) is 6.30. The van der Waals surface area contributed by atoms with E-state index in [2.05, 4.69) is 35.6 Å². The van der Waals surface area contributed by atoms with Gasteiger partial charge < -0.3 is 10.1 Å². The molecule has 178 valence electrons. The third kappa shape index (κ3) is 4.41. The molecule has 3 aromatic carbocycles. The van der Waals surface area contributed by atoms with Crippen LogP contribution in [0.2, 0.25) is 0 Å². The van der Waals surface area contributed by atoms with Crippen molar-refractivity contribution >= 4 is 22.5 Å². The molecule has 3 aromatic rings. The molecule has 2 unspecified atom stereocenters. The normalized spacial score (nSPS) is 20.2. The van der Waals surface area contributed by atoms with Crippen molar-refractivity contribution in [1.82, 2.24) is 5.32 Å². The molecule has 2 aliphatic rings. The van der Waals surface area contributed by atoms with Crippen LogP contribution in [0.3, 0.4) is 0 Å². The summed E-state index contributed by atoms with van der Waals surface area (Å²) in [6, 6.07) is 24.5. The second-order valence-electron chi connectivity index (χ2n) is 9.99. The first-order valence-corrected chi connectivity index (χ1v) is 12.4. The molecule has 0 amide bonds. The lowest BCUT2D eigenvalue weighted by Gasteiger charge is -2.37. The van der Waals surface area contributed by atoms with E-state index in [4.69, 9.17) is 4.74 Å². The number of Topliss-reactive ketones (excluding diaryl/α,β-unsaturated/α-hetero) is 1. The van der Waals surface area contributed by atoms with E-state index < -0.39 is 5.92 Å². The standard InChI is InChI=1S/C31H31NO3/c1-19(2)18-35-31(34)28-20(3)32-26-16-23(21-10-5-4-6-11-21)17-27(33)30(26)29(28)25-15-9-13-22-12-7-8-14-24(22)25/h4-15,19,23,29,32H,16-18H2,1-3H3. The van der Waals surface area contributed by atoms with Crippen molar-refractivity contribution in [1.29, 1.82) is 0 Å². The second kappa shape index (κ2) is 9.53. The number of esters is 1. The van der Waals surface area contributed by atoms with Crippen LogP contribution >= 0.6 is 0 Å². The van der Waals surface area contributed by atoms with Crippen molar-refractivity contribution in [2.24, 2.45) is 5.92 Å². The lowest BCUT2D eigenvalue weighted by Crippen LogP contribution is -2.36. The number of rotatable bonds is 5. The van der Waals surface area contributed by atoms with Crippen LogP contribution in [-0.2, 0) is 14.3 Å². The fourth-order valence-electron chi connectivity index (χ4n) is 5.40. The van der Waals surface area contributed by atoms with Crippen molar-refractivity contribution in [3.05, 3.63) is 106 Å². The van der Waals surface area contributed by atoms with E-state index in [0.717, 1.165) is 34.2 Å². The molecule has 4 nitrogen and oxygen atoms in total. The average Bonchev–Trinajstić information content (AvgIpc) is 2.86. The van der Waals surface area contributed by atoms with Gasteiger partial charge in [-0.1, -0.05) is 86.6 Å². The zero-order valence-corrected chi connectivity index (χ0v) is 20.5. The molecule has 0 radical (unpaired) electrons. The van der Waals surface area contributed by atoms with Gasteiger partial charge in [-0.2, -0.15) is 0 Å². The molecule has 0 spiro atoms. The second-order valence-corrected chi connectivity index (χ2v) is 9.99. The van der Waals surface area contributed by atoms with E-state index in [1.807, 2.05) is 63.2 Å². The van der Waals surface area contributed by atoms with Gasteiger partial charge in [0, 0.05) is 29.3 Å². The maximum Gasteiger partial charge on any atom is 0.336 e. The molecule has 0 saturated heterocycles. The molecular weight excluding hydrogens is 434 g/mol. The van der Waals surface area contributed by atoms with Crippen molar-refractivity contribution in [2.75, 3.05) is 6.61 Å². The minimum Gasteiger partial charge on any atom is -0.462 e. The van der Waals surface area contributed by atoms with Crippen molar-refractivity contribution in [3.8, 4) is 0 Å². The third-order valence-electron chi connectivity index (χ3n) is 7.00. The van der Waals surface area contributed by atoms with Gasteiger partial charge in [-0.25, -0.2) is 4.79 Å². The number of hydrogen-bond donors (Lipinski definition) is 1. The largest absolute Gasteiger partial charge is 0.462 e. The summed E-state index contributed by atoms with van der Waals surface area (Å²) in [5, 5.41) is 5.59. The van der Waals surface area contributed by atoms with Crippen molar-refractivity contribution in [2.45, 2.75) is 45.4 Å². The number of allylic oxidation sites excluding steroid dienone is 3. The van der Waals surface area contributed by atoms with Gasteiger partial charge in [0.15, 0.2) is 5.78 Å². The first-order chi connectivity index (χ1) is 16.9. The summed E-state index contributed by atoms with van der Waals surface area (Å²) in [5.74, 6) is -0.380. The average molecular weight is 466 g/mol. The highest BCUT2D eigenvalue weighted by Crippen LogP contribution is 2.47. The van der Waals surface area contributed by atoms with E-state index in [1.54, 1.807) is 0 Å². The first-order valence-electron chi connectivity index (χ1n) is 12.4. The van der Waals surface area contributed by atoms with Gasteiger partial charge in [-0.05, 0) is 47.1 Å².